The molecule has 0 aliphatic rings. The van der Waals surface area contributed by atoms with Gasteiger partial charge in [0.15, 0.2) is 0 Å². The Morgan fingerprint density at radius 1 is 1.10 bits per heavy atom. The van der Waals surface area contributed by atoms with E-state index in [-0.39, 0.29) is 11.7 Å². The normalized spacial score (nSPS) is 12.5. The van der Waals surface area contributed by atoms with Gasteiger partial charge in [-0.15, -0.1) is 0 Å². The average molecular weight is 379 g/mol. The number of hydrogen-bond donors (Lipinski definition) is 3. The molecule has 1 atom stereocenters. The molecule has 0 saturated carbocycles. The number of halogens is 1. The second-order valence-electron chi connectivity index (χ2n) is 4.76. The molecule has 3 rings (SSSR count). The van der Waals surface area contributed by atoms with Crippen molar-refractivity contribution in [3.8, 4) is 0 Å². The number of aromatic amines is 2. The summed E-state index contributed by atoms with van der Waals surface area (Å²) in [5.41, 5.74) is 3.72. The van der Waals surface area contributed by atoms with E-state index >= 15 is 0 Å². The monoisotopic (exact) mass is 379 g/mol. The largest absolute Gasteiger partial charge is 0.378 e. The first-order chi connectivity index (χ1) is 9.61. The number of rotatable bonds is 3. The molecule has 4 nitrogen and oxygen atoms in total. The number of imidazole rings is 1. The number of benzene rings is 2. The Hall–Kier alpha value is -1.76. The lowest BCUT2D eigenvalue weighted by atomic mass is 10.1. The Morgan fingerprint density at radius 2 is 1.90 bits per heavy atom. The van der Waals surface area contributed by atoms with Crippen molar-refractivity contribution in [2.24, 2.45) is 0 Å². The molecule has 0 amide bonds. The van der Waals surface area contributed by atoms with Gasteiger partial charge in [-0.1, -0.05) is 12.1 Å². The van der Waals surface area contributed by atoms with Gasteiger partial charge in [0.2, 0.25) is 0 Å². The van der Waals surface area contributed by atoms with Crippen molar-refractivity contribution < 1.29 is 0 Å². The van der Waals surface area contributed by atoms with Gasteiger partial charge in [-0.05, 0) is 65.4 Å². The topological polar surface area (TPSA) is 60.7 Å². The van der Waals surface area contributed by atoms with E-state index in [1.807, 2.05) is 24.3 Å². The van der Waals surface area contributed by atoms with Gasteiger partial charge in [-0.2, -0.15) is 0 Å². The summed E-state index contributed by atoms with van der Waals surface area (Å²) >= 11 is 2.30. The highest BCUT2D eigenvalue weighted by molar-refractivity contribution is 14.1. The molecule has 0 bridgehead atoms. The Morgan fingerprint density at radius 3 is 2.70 bits per heavy atom. The van der Waals surface area contributed by atoms with Crippen LogP contribution >= 0.6 is 22.6 Å². The van der Waals surface area contributed by atoms with Crippen LogP contribution < -0.4 is 11.0 Å². The van der Waals surface area contributed by atoms with Crippen molar-refractivity contribution in [2.75, 3.05) is 5.32 Å². The molecule has 3 aromatic rings. The van der Waals surface area contributed by atoms with Crippen molar-refractivity contribution in [2.45, 2.75) is 13.0 Å². The molecule has 102 valence electrons. The second kappa shape index (κ2) is 5.32. The van der Waals surface area contributed by atoms with E-state index in [1.165, 1.54) is 3.57 Å². The Bertz CT molecular complexity index is 806. The molecule has 2 aromatic carbocycles. The lowest BCUT2D eigenvalue weighted by Gasteiger charge is -2.16. The lowest BCUT2D eigenvalue weighted by molar-refractivity contribution is 0.886. The van der Waals surface area contributed by atoms with Gasteiger partial charge in [-0.25, -0.2) is 4.79 Å². The minimum absolute atomic E-state index is 0.163. The van der Waals surface area contributed by atoms with Crippen LogP contribution in [0.25, 0.3) is 11.0 Å². The molecule has 1 aromatic heterocycles. The fourth-order valence-corrected chi connectivity index (χ4v) is 2.77. The number of H-pyrrole nitrogens is 2. The van der Waals surface area contributed by atoms with E-state index < -0.39 is 0 Å². The summed E-state index contributed by atoms with van der Waals surface area (Å²) in [6.45, 7) is 2.10. The molecule has 1 heterocycles. The van der Waals surface area contributed by atoms with Gasteiger partial charge >= 0.3 is 5.69 Å². The van der Waals surface area contributed by atoms with Crippen molar-refractivity contribution in [3.63, 3.8) is 0 Å². The van der Waals surface area contributed by atoms with Crippen LogP contribution in [0.15, 0.2) is 47.3 Å². The summed E-state index contributed by atoms with van der Waals surface area (Å²) in [6.07, 6.45) is 0. The summed E-state index contributed by atoms with van der Waals surface area (Å²) < 4.78 is 1.20. The average Bonchev–Trinajstić information content (AvgIpc) is 2.77. The van der Waals surface area contributed by atoms with E-state index in [0.29, 0.717) is 0 Å². The quantitative estimate of drug-likeness (QED) is 0.609. The number of hydrogen-bond acceptors (Lipinski definition) is 2. The Labute approximate surface area is 129 Å². The molecule has 5 heteroatoms. The van der Waals surface area contributed by atoms with Gasteiger partial charge in [0.05, 0.1) is 11.0 Å². The first kappa shape index (κ1) is 13.2. The zero-order chi connectivity index (χ0) is 14.1. The Kier molecular flexibility index (Phi) is 3.52. The maximum Gasteiger partial charge on any atom is 0.323 e. The smallest absolute Gasteiger partial charge is 0.323 e. The summed E-state index contributed by atoms with van der Waals surface area (Å²) in [5, 5.41) is 3.46. The molecule has 1 unspecified atom stereocenters. The van der Waals surface area contributed by atoms with Crippen LogP contribution in [0.2, 0.25) is 0 Å². The van der Waals surface area contributed by atoms with E-state index in [4.69, 9.17) is 0 Å². The molecule has 0 radical (unpaired) electrons. The highest BCUT2D eigenvalue weighted by Gasteiger charge is 2.07. The standard InChI is InChI=1S/C15H14IN3O/c1-9(17-12-4-2-3-11(16)8-12)10-5-6-13-14(7-10)19-15(20)18-13/h2-9,17H,1H3,(H2,18,19,20). The summed E-state index contributed by atoms with van der Waals surface area (Å²) in [7, 11) is 0. The zero-order valence-corrected chi connectivity index (χ0v) is 13.1. The highest BCUT2D eigenvalue weighted by Crippen LogP contribution is 2.22. The van der Waals surface area contributed by atoms with E-state index in [9.17, 15) is 4.79 Å². The van der Waals surface area contributed by atoms with Crippen molar-refractivity contribution in [3.05, 3.63) is 62.1 Å². The maximum atomic E-state index is 11.3. The maximum absolute atomic E-state index is 11.3. The molecular formula is C15H14IN3O. The first-order valence-electron chi connectivity index (χ1n) is 6.36. The summed E-state index contributed by atoms with van der Waals surface area (Å²) in [6, 6.07) is 14.4. The molecule has 0 aliphatic heterocycles. The van der Waals surface area contributed by atoms with E-state index in [0.717, 1.165) is 22.3 Å². The van der Waals surface area contributed by atoms with Crippen LogP contribution in [0.4, 0.5) is 5.69 Å². The van der Waals surface area contributed by atoms with Gasteiger partial charge < -0.3 is 15.3 Å². The van der Waals surface area contributed by atoms with Crippen LogP contribution in [0.5, 0.6) is 0 Å². The number of fused-ring (bicyclic) bond motifs is 1. The number of aromatic nitrogens is 2. The summed E-state index contributed by atoms with van der Waals surface area (Å²) in [4.78, 5) is 16.8. The molecule has 0 spiro atoms. The van der Waals surface area contributed by atoms with Crippen LogP contribution in [0, 0.1) is 3.57 Å². The zero-order valence-electron chi connectivity index (χ0n) is 10.9. The third kappa shape index (κ3) is 2.72. The Balaban J connectivity index is 1.88. The van der Waals surface area contributed by atoms with Crippen LogP contribution in [-0.4, -0.2) is 9.97 Å². The molecule has 0 fully saturated rings. The molecular weight excluding hydrogens is 365 g/mol. The summed E-state index contributed by atoms with van der Waals surface area (Å²) in [5.74, 6) is 0. The fourth-order valence-electron chi connectivity index (χ4n) is 2.23. The predicted octanol–water partition coefficient (Wildman–Crippen LogP) is 3.63. The van der Waals surface area contributed by atoms with Gasteiger partial charge in [0, 0.05) is 15.3 Å². The third-order valence-electron chi connectivity index (χ3n) is 3.25. The van der Waals surface area contributed by atoms with Crippen molar-refractivity contribution in [1.82, 2.24) is 9.97 Å². The third-order valence-corrected chi connectivity index (χ3v) is 3.92. The lowest BCUT2D eigenvalue weighted by Crippen LogP contribution is -2.06. The molecule has 0 saturated heterocycles. The number of anilines is 1. The van der Waals surface area contributed by atoms with Gasteiger partial charge in [0.25, 0.3) is 0 Å². The van der Waals surface area contributed by atoms with Gasteiger partial charge in [0.1, 0.15) is 0 Å². The van der Waals surface area contributed by atoms with Crippen molar-refractivity contribution >= 4 is 39.3 Å². The molecule has 20 heavy (non-hydrogen) atoms. The first-order valence-corrected chi connectivity index (χ1v) is 7.44. The highest BCUT2D eigenvalue weighted by atomic mass is 127. The SMILES string of the molecule is CC(Nc1cccc(I)c1)c1ccc2[nH]c(=O)[nH]c2c1. The number of nitrogens with one attached hydrogen (secondary N) is 3. The predicted molar refractivity (Wildman–Crippen MR) is 90.1 cm³/mol. The van der Waals surface area contributed by atoms with Crippen LogP contribution in [-0.2, 0) is 0 Å². The van der Waals surface area contributed by atoms with E-state index in [2.05, 4.69) is 63.0 Å². The van der Waals surface area contributed by atoms with Crippen LogP contribution in [0.3, 0.4) is 0 Å². The van der Waals surface area contributed by atoms with Crippen LogP contribution in [0.1, 0.15) is 18.5 Å². The van der Waals surface area contributed by atoms with Crippen molar-refractivity contribution in [1.29, 1.82) is 0 Å². The fraction of sp³-hybridized carbons (Fsp3) is 0.133. The molecule has 0 aliphatic carbocycles. The van der Waals surface area contributed by atoms with Gasteiger partial charge in [-0.3, -0.25) is 0 Å². The van der Waals surface area contributed by atoms with E-state index in [1.54, 1.807) is 0 Å². The molecule has 3 N–H and O–H groups in total. The minimum Gasteiger partial charge on any atom is -0.378 e. The second-order valence-corrected chi connectivity index (χ2v) is 6.01. The minimum atomic E-state index is -0.171.